The topological polar surface area (TPSA) is 42.0 Å². The van der Waals surface area contributed by atoms with Crippen LogP contribution in [0.15, 0.2) is 12.1 Å². The van der Waals surface area contributed by atoms with Gasteiger partial charge in [0.25, 0.3) is 0 Å². The lowest BCUT2D eigenvalue weighted by molar-refractivity contribution is 0.516. The highest BCUT2D eigenvalue weighted by Gasteiger charge is 2.06. The monoisotopic (exact) mass is 206 g/mol. The number of aromatic nitrogens is 1. The largest absolute Gasteiger partial charge is 0.301 e. The van der Waals surface area contributed by atoms with E-state index in [1.807, 2.05) is 0 Å². The predicted octanol–water partition coefficient (Wildman–Crippen LogP) is 1.46. The quantitative estimate of drug-likeness (QED) is 0.760. The molecule has 0 fully saturated rings. The molecule has 0 aliphatic heterocycles. The highest BCUT2D eigenvalue weighted by atomic mass is 32.2. The van der Waals surface area contributed by atoms with Crippen LogP contribution < -0.4 is 4.72 Å². The van der Waals surface area contributed by atoms with E-state index >= 15 is 0 Å². The fourth-order valence-corrected chi connectivity index (χ4v) is 1.22. The molecular weight excluding hydrogens is 198 g/mol. The third-order valence-electron chi connectivity index (χ3n) is 1.30. The Hall–Kier alpha value is -1.04. The van der Waals surface area contributed by atoms with Crippen LogP contribution in [0.4, 0.5) is 14.5 Å². The molecule has 0 amide bonds. The van der Waals surface area contributed by atoms with Crippen LogP contribution in [0.25, 0.3) is 0 Å². The van der Waals surface area contributed by atoms with Crippen LogP contribution in [-0.2, 0) is 11.0 Å². The van der Waals surface area contributed by atoms with Crippen molar-refractivity contribution < 1.29 is 13.0 Å². The van der Waals surface area contributed by atoms with E-state index in [0.717, 1.165) is 12.1 Å². The summed E-state index contributed by atoms with van der Waals surface area (Å²) in [5.41, 5.74) is -0.0541. The standard InChI is InChI=1S/C7H8F2N2OS/c1-2-13(12)11-5-3-4-6(8)10-7(5)9/h3-4,11H,2H2,1H3. The number of halogens is 2. The molecule has 1 rings (SSSR count). The fraction of sp³-hybridized carbons (Fsp3) is 0.286. The Kier molecular flexibility index (Phi) is 3.30. The van der Waals surface area contributed by atoms with Crippen molar-refractivity contribution >= 4 is 16.7 Å². The molecule has 13 heavy (non-hydrogen) atoms. The van der Waals surface area contributed by atoms with Crippen LogP contribution in [-0.4, -0.2) is 14.9 Å². The molecule has 1 heterocycles. The van der Waals surface area contributed by atoms with E-state index < -0.39 is 22.9 Å². The van der Waals surface area contributed by atoms with E-state index in [-0.39, 0.29) is 5.69 Å². The summed E-state index contributed by atoms with van der Waals surface area (Å²) in [7, 11) is -1.35. The third kappa shape index (κ3) is 2.73. The number of nitrogens with zero attached hydrogens (tertiary/aromatic N) is 1. The molecule has 0 aromatic carbocycles. The van der Waals surface area contributed by atoms with E-state index in [1.54, 1.807) is 6.92 Å². The molecule has 0 spiro atoms. The van der Waals surface area contributed by atoms with Crippen LogP contribution in [0.3, 0.4) is 0 Å². The molecule has 0 saturated heterocycles. The molecule has 0 aliphatic carbocycles. The normalized spacial score (nSPS) is 12.5. The van der Waals surface area contributed by atoms with Gasteiger partial charge in [-0.2, -0.15) is 13.8 Å². The van der Waals surface area contributed by atoms with Gasteiger partial charge < -0.3 is 4.72 Å². The SMILES string of the molecule is CCS(=O)Nc1ccc(F)nc1F. The van der Waals surface area contributed by atoms with Gasteiger partial charge in [-0.15, -0.1) is 0 Å². The lowest BCUT2D eigenvalue weighted by Gasteiger charge is -2.03. The molecule has 3 nitrogen and oxygen atoms in total. The Bertz CT molecular complexity index is 332. The Balaban J connectivity index is 2.83. The summed E-state index contributed by atoms with van der Waals surface area (Å²) in [6, 6.07) is 2.16. The smallest absolute Gasteiger partial charge is 0.239 e. The van der Waals surface area contributed by atoms with Crippen LogP contribution in [0.2, 0.25) is 0 Å². The maximum absolute atomic E-state index is 12.8. The average molecular weight is 206 g/mol. The Morgan fingerprint density at radius 1 is 1.54 bits per heavy atom. The first-order chi connectivity index (χ1) is 6.13. The van der Waals surface area contributed by atoms with Gasteiger partial charge in [0.1, 0.15) is 16.7 Å². The van der Waals surface area contributed by atoms with E-state index in [1.165, 1.54) is 0 Å². The summed E-state index contributed by atoms with van der Waals surface area (Å²) in [5.74, 6) is -1.54. The molecule has 1 atom stereocenters. The Morgan fingerprint density at radius 3 is 2.77 bits per heavy atom. The summed E-state index contributed by atoms with van der Waals surface area (Å²) < 4.78 is 38.4. The van der Waals surface area contributed by atoms with Gasteiger partial charge in [-0.1, -0.05) is 6.92 Å². The lowest BCUT2D eigenvalue weighted by atomic mass is 10.4. The number of hydrogen-bond donors (Lipinski definition) is 1. The van der Waals surface area contributed by atoms with E-state index in [0.29, 0.717) is 5.75 Å². The lowest BCUT2D eigenvalue weighted by Crippen LogP contribution is -2.08. The van der Waals surface area contributed by atoms with Gasteiger partial charge in [0.2, 0.25) is 11.9 Å². The van der Waals surface area contributed by atoms with Crippen molar-refractivity contribution in [1.82, 2.24) is 4.98 Å². The maximum atomic E-state index is 12.8. The predicted molar refractivity (Wildman–Crippen MR) is 46.5 cm³/mol. The second kappa shape index (κ2) is 4.27. The molecular formula is C7H8F2N2OS. The first-order valence-corrected chi connectivity index (χ1v) is 4.92. The molecule has 0 aliphatic rings. The summed E-state index contributed by atoms with van der Waals surface area (Å²) in [5, 5.41) is 0. The molecule has 0 radical (unpaired) electrons. The number of pyridine rings is 1. The van der Waals surface area contributed by atoms with Crippen molar-refractivity contribution in [2.75, 3.05) is 10.5 Å². The van der Waals surface area contributed by atoms with Crippen molar-refractivity contribution in [1.29, 1.82) is 0 Å². The van der Waals surface area contributed by atoms with Crippen molar-refractivity contribution in [3.8, 4) is 0 Å². The summed E-state index contributed by atoms with van der Waals surface area (Å²) in [4.78, 5) is 2.93. The van der Waals surface area contributed by atoms with Crippen LogP contribution in [0, 0.1) is 11.9 Å². The first kappa shape index (κ1) is 10.0. The molecule has 6 heteroatoms. The maximum Gasteiger partial charge on any atom is 0.239 e. The molecule has 1 unspecified atom stereocenters. The zero-order valence-corrected chi connectivity index (χ0v) is 7.70. The second-order valence-corrected chi connectivity index (χ2v) is 3.68. The zero-order valence-electron chi connectivity index (χ0n) is 6.88. The minimum atomic E-state index is -1.35. The van der Waals surface area contributed by atoms with E-state index in [4.69, 9.17) is 0 Å². The van der Waals surface area contributed by atoms with Gasteiger partial charge in [-0.3, -0.25) is 0 Å². The van der Waals surface area contributed by atoms with Crippen molar-refractivity contribution in [2.45, 2.75) is 6.92 Å². The minimum absolute atomic E-state index is 0.0541. The number of nitrogens with one attached hydrogen (secondary N) is 1. The molecule has 1 aromatic heterocycles. The summed E-state index contributed by atoms with van der Waals surface area (Å²) in [6.45, 7) is 1.68. The Morgan fingerprint density at radius 2 is 2.23 bits per heavy atom. The van der Waals surface area contributed by atoms with Crippen molar-refractivity contribution in [3.63, 3.8) is 0 Å². The van der Waals surface area contributed by atoms with Crippen LogP contribution >= 0.6 is 0 Å². The summed E-state index contributed by atoms with van der Waals surface area (Å²) in [6.07, 6.45) is 0. The molecule has 1 aromatic rings. The molecule has 0 saturated carbocycles. The molecule has 72 valence electrons. The zero-order chi connectivity index (χ0) is 9.84. The van der Waals surface area contributed by atoms with Gasteiger partial charge in [-0.25, -0.2) is 4.21 Å². The fourth-order valence-electron chi connectivity index (χ4n) is 0.683. The van der Waals surface area contributed by atoms with Gasteiger partial charge in [0.15, 0.2) is 0 Å². The number of hydrogen-bond acceptors (Lipinski definition) is 2. The summed E-state index contributed by atoms with van der Waals surface area (Å²) >= 11 is 0. The van der Waals surface area contributed by atoms with Crippen molar-refractivity contribution in [2.24, 2.45) is 0 Å². The van der Waals surface area contributed by atoms with Gasteiger partial charge in [0.05, 0.1) is 0 Å². The molecule has 0 bridgehead atoms. The van der Waals surface area contributed by atoms with Crippen LogP contribution in [0.5, 0.6) is 0 Å². The second-order valence-electron chi connectivity index (χ2n) is 2.21. The van der Waals surface area contributed by atoms with Gasteiger partial charge in [0, 0.05) is 5.75 Å². The van der Waals surface area contributed by atoms with Crippen molar-refractivity contribution in [3.05, 3.63) is 24.0 Å². The molecule has 1 N–H and O–H groups in total. The number of anilines is 1. The van der Waals surface area contributed by atoms with Gasteiger partial charge in [-0.05, 0) is 12.1 Å². The van der Waals surface area contributed by atoms with E-state index in [2.05, 4.69) is 9.71 Å². The van der Waals surface area contributed by atoms with E-state index in [9.17, 15) is 13.0 Å². The highest BCUT2D eigenvalue weighted by Crippen LogP contribution is 2.11. The van der Waals surface area contributed by atoms with Crippen LogP contribution in [0.1, 0.15) is 6.92 Å². The minimum Gasteiger partial charge on any atom is -0.301 e. The Labute approximate surface area is 76.8 Å². The van der Waals surface area contributed by atoms with Gasteiger partial charge >= 0.3 is 0 Å². The first-order valence-electron chi connectivity index (χ1n) is 3.60. The highest BCUT2D eigenvalue weighted by molar-refractivity contribution is 7.86. The number of rotatable bonds is 3. The third-order valence-corrected chi connectivity index (χ3v) is 2.27. The average Bonchev–Trinajstić information content (AvgIpc) is 2.09.